The van der Waals surface area contributed by atoms with Gasteiger partial charge in [-0.15, -0.1) is 11.8 Å². The van der Waals surface area contributed by atoms with Gasteiger partial charge in [0.2, 0.25) is 0 Å². The van der Waals surface area contributed by atoms with Crippen LogP contribution < -0.4 is 0 Å². The van der Waals surface area contributed by atoms with Crippen LogP contribution in [-0.4, -0.2) is 11.0 Å². The first-order valence-corrected chi connectivity index (χ1v) is 7.30. The fraction of sp³-hybridized carbons (Fsp3) is 0.923. The van der Waals surface area contributed by atoms with Crippen LogP contribution in [-0.2, 0) is 0 Å². The summed E-state index contributed by atoms with van der Waals surface area (Å²) in [5.74, 6) is 2.51. The van der Waals surface area contributed by atoms with Gasteiger partial charge in [0.1, 0.15) is 0 Å². The van der Waals surface area contributed by atoms with E-state index in [-0.39, 0.29) is 5.25 Å². The highest BCUT2D eigenvalue weighted by Crippen LogP contribution is 2.32. The second-order valence-corrected chi connectivity index (χ2v) is 6.20. The molecule has 2 heteroatoms. The van der Waals surface area contributed by atoms with E-state index < -0.39 is 0 Å². The molecule has 0 N–H and O–H groups in total. The number of rotatable bonds is 4. The molecule has 15 heavy (non-hydrogen) atoms. The van der Waals surface area contributed by atoms with Crippen molar-refractivity contribution in [1.82, 2.24) is 0 Å². The topological polar surface area (TPSA) is 23.8 Å². The van der Waals surface area contributed by atoms with Crippen LogP contribution in [0.15, 0.2) is 0 Å². The van der Waals surface area contributed by atoms with Crippen molar-refractivity contribution < 1.29 is 0 Å². The standard InChI is InChI=1S/C13H23NS/c1-11(2)10-15-13(9-14)12-7-5-3-4-6-8-12/h11-13H,3-8,10H2,1-2H3. The number of nitrogens with zero attached hydrogens (tertiary/aromatic N) is 1. The van der Waals surface area contributed by atoms with E-state index in [1.165, 1.54) is 38.5 Å². The third-order valence-corrected chi connectivity index (χ3v) is 4.77. The molecule has 0 saturated heterocycles. The molecule has 1 atom stereocenters. The van der Waals surface area contributed by atoms with Crippen LogP contribution in [0.1, 0.15) is 52.4 Å². The quantitative estimate of drug-likeness (QED) is 0.668. The third kappa shape index (κ3) is 4.93. The number of hydrogen-bond acceptors (Lipinski definition) is 2. The van der Waals surface area contributed by atoms with Gasteiger partial charge in [-0.3, -0.25) is 0 Å². The van der Waals surface area contributed by atoms with Crippen molar-refractivity contribution >= 4 is 11.8 Å². The van der Waals surface area contributed by atoms with Gasteiger partial charge in [0.05, 0.1) is 11.3 Å². The van der Waals surface area contributed by atoms with Crippen LogP contribution in [0.2, 0.25) is 0 Å². The van der Waals surface area contributed by atoms with Gasteiger partial charge in [-0.1, -0.05) is 39.5 Å². The molecular formula is C13H23NS. The summed E-state index contributed by atoms with van der Waals surface area (Å²) in [5, 5.41) is 9.47. The van der Waals surface area contributed by atoms with Crippen LogP contribution in [0.25, 0.3) is 0 Å². The molecule has 0 spiro atoms. The minimum Gasteiger partial charge on any atom is -0.197 e. The maximum Gasteiger partial charge on any atom is 0.0944 e. The maximum absolute atomic E-state index is 9.21. The number of thioether (sulfide) groups is 1. The molecule has 0 bridgehead atoms. The molecule has 0 radical (unpaired) electrons. The van der Waals surface area contributed by atoms with Crippen LogP contribution in [0.4, 0.5) is 0 Å². The van der Waals surface area contributed by atoms with E-state index >= 15 is 0 Å². The Morgan fingerprint density at radius 2 is 1.80 bits per heavy atom. The molecule has 0 aromatic heterocycles. The zero-order valence-electron chi connectivity index (χ0n) is 10.0. The summed E-state index contributed by atoms with van der Waals surface area (Å²) in [6.45, 7) is 4.46. The monoisotopic (exact) mass is 225 g/mol. The minimum atomic E-state index is 0.255. The molecule has 0 heterocycles. The number of nitriles is 1. The zero-order chi connectivity index (χ0) is 11.1. The Labute approximate surface area is 98.6 Å². The summed E-state index contributed by atoms with van der Waals surface area (Å²) < 4.78 is 0. The first-order chi connectivity index (χ1) is 7.24. The van der Waals surface area contributed by atoms with E-state index in [9.17, 15) is 5.26 Å². The molecule has 0 aliphatic heterocycles. The molecule has 1 aliphatic rings. The average molecular weight is 225 g/mol. The summed E-state index contributed by atoms with van der Waals surface area (Å²) in [5.41, 5.74) is 0. The van der Waals surface area contributed by atoms with Gasteiger partial charge in [-0.05, 0) is 30.4 Å². The van der Waals surface area contributed by atoms with E-state index in [2.05, 4.69) is 19.9 Å². The molecule has 0 amide bonds. The molecule has 0 aromatic carbocycles. The van der Waals surface area contributed by atoms with E-state index in [0.717, 1.165) is 5.75 Å². The lowest BCUT2D eigenvalue weighted by Gasteiger charge is -2.20. The highest BCUT2D eigenvalue weighted by molar-refractivity contribution is 8.00. The Kier molecular flexibility index (Phi) is 6.17. The normalized spacial score (nSPS) is 20.9. The van der Waals surface area contributed by atoms with Crippen molar-refractivity contribution in [2.24, 2.45) is 11.8 Å². The van der Waals surface area contributed by atoms with Crippen LogP contribution in [0.5, 0.6) is 0 Å². The maximum atomic E-state index is 9.21. The van der Waals surface area contributed by atoms with Crippen molar-refractivity contribution in [3.05, 3.63) is 0 Å². The third-order valence-electron chi connectivity index (χ3n) is 3.06. The Hall–Kier alpha value is -0.160. The molecule has 1 fully saturated rings. The van der Waals surface area contributed by atoms with E-state index in [4.69, 9.17) is 0 Å². The molecule has 1 unspecified atom stereocenters. The van der Waals surface area contributed by atoms with Gasteiger partial charge in [0, 0.05) is 0 Å². The van der Waals surface area contributed by atoms with Crippen molar-refractivity contribution in [2.75, 3.05) is 5.75 Å². The summed E-state index contributed by atoms with van der Waals surface area (Å²) in [4.78, 5) is 0. The first-order valence-electron chi connectivity index (χ1n) is 6.25. The van der Waals surface area contributed by atoms with Crippen LogP contribution >= 0.6 is 11.8 Å². The summed E-state index contributed by atoms with van der Waals surface area (Å²) in [6, 6.07) is 2.52. The van der Waals surface area contributed by atoms with Gasteiger partial charge in [-0.2, -0.15) is 5.26 Å². The summed E-state index contributed by atoms with van der Waals surface area (Å²) in [7, 11) is 0. The molecule has 1 rings (SSSR count). The van der Waals surface area contributed by atoms with Gasteiger partial charge in [0.15, 0.2) is 0 Å². The predicted molar refractivity (Wildman–Crippen MR) is 67.9 cm³/mol. The lowest BCUT2D eigenvalue weighted by Crippen LogP contribution is -2.16. The lowest BCUT2D eigenvalue weighted by molar-refractivity contribution is 0.478. The lowest BCUT2D eigenvalue weighted by atomic mass is 9.97. The fourth-order valence-corrected chi connectivity index (χ4v) is 3.40. The smallest absolute Gasteiger partial charge is 0.0944 e. The Morgan fingerprint density at radius 3 is 2.27 bits per heavy atom. The molecule has 86 valence electrons. The Bertz CT molecular complexity index is 199. The Balaban J connectivity index is 2.38. The first kappa shape index (κ1) is 12.9. The van der Waals surface area contributed by atoms with Gasteiger partial charge >= 0.3 is 0 Å². The van der Waals surface area contributed by atoms with Crippen molar-refractivity contribution in [3.8, 4) is 6.07 Å². The molecular weight excluding hydrogens is 202 g/mol. The molecule has 1 saturated carbocycles. The average Bonchev–Trinajstić information content (AvgIpc) is 2.47. The van der Waals surface area contributed by atoms with Crippen molar-refractivity contribution in [1.29, 1.82) is 5.26 Å². The van der Waals surface area contributed by atoms with E-state index in [0.29, 0.717) is 11.8 Å². The summed E-state index contributed by atoms with van der Waals surface area (Å²) in [6.07, 6.45) is 8.00. The van der Waals surface area contributed by atoms with Gasteiger partial charge in [0.25, 0.3) is 0 Å². The SMILES string of the molecule is CC(C)CSC(C#N)C1CCCCCC1. The van der Waals surface area contributed by atoms with E-state index in [1.807, 2.05) is 11.8 Å². The second-order valence-electron chi connectivity index (χ2n) is 5.03. The summed E-state index contributed by atoms with van der Waals surface area (Å²) >= 11 is 1.88. The fourth-order valence-electron chi connectivity index (χ4n) is 2.19. The predicted octanol–water partition coefficient (Wildman–Crippen LogP) is 4.24. The van der Waals surface area contributed by atoms with Crippen LogP contribution in [0, 0.1) is 23.2 Å². The second kappa shape index (κ2) is 7.17. The Morgan fingerprint density at radius 1 is 1.20 bits per heavy atom. The van der Waals surface area contributed by atoms with Gasteiger partial charge < -0.3 is 0 Å². The highest BCUT2D eigenvalue weighted by atomic mass is 32.2. The minimum absolute atomic E-state index is 0.255. The highest BCUT2D eigenvalue weighted by Gasteiger charge is 2.22. The van der Waals surface area contributed by atoms with Gasteiger partial charge in [-0.25, -0.2) is 0 Å². The van der Waals surface area contributed by atoms with Crippen molar-refractivity contribution in [3.63, 3.8) is 0 Å². The van der Waals surface area contributed by atoms with E-state index in [1.54, 1.807) is 0 Å². The zero-order valence-corrected chi connectivity index (χ0v) is 10.9. The van der Waals surface area contributed by atoms with Crippen molar-refractivity contribution in [2.45, 2.75) is 57.6 Å². The molecule has 1 aliphatic carbocycles. The number of hydrogen-bond donors (Lipinski definition) is 0. The largest absolute Gasteiger partial charge is 0.197 e. The van der Waals surface area contributed by atoms with Crippen LogP contribution in [0.3, 0.4) is 0 Å². The molecule has 0 aromatic rings. The molecule has 1 nitrogen and oxygen atoms in total.